The van der Waals surface area contributed by atoms with Crippen LogP contribution in [0.4, 0.5) is 5.69 Å². The van der Waals surface area contributed by atoms with E-state index in [-0.39, 0.29) is 5.78 Å². The third-order valence-electron chi connectivity index (χ3n) is 6.46. The number of nitrogens with one attached hydrogen (secondary N) is 1. The second-order valence-electron chi connectivity index (χ2n) is 8.68. The van der Waals surface area contributed by atoms with Gasteiger partial charge in [0, 0.05) is 48.3 Å². The average molecular weight is 425 g/mol. The van der Waals surface area contributed by atoms with Gasteiger partial charge in [-0.2, -0.15) is 20.6 Å². The van der Waals surface area contributed by atoms with Gasteiger partial charge in [-0.25, -0.2) is 4.52 Å². The molecule has 1 saturated carbocycles. The normalized spacial score (nSPS) is 19.8. The summed E-state index contributed by atoms with van der Waals surface area (Å²) in [7, 11) is 1.91. The van der Waals surface area contributed by atoms with E-state index in [4.69, 9.17) is 5.26 Å². The molecule has 7 heteroatoms. The number of anilines is 1. The molecule has 7 nitrogen and oxygen atoms in total. The fraction of sp³-hybridized carbons (Fsp3) is 0.320. The molecule has 1 fully saturated rings. The Hall–Kier alpha value is -3.79. The van der Waals surface area contributed by atoms with Crippen molar-refractivity contribution in [2.24, 2.45) is 22.0 Å². The van der Waals surface area contributed by atoms with Crippen LogP contribution in [0.1, 0.15) is 43.7 Å². The lowest BCUT2D eigenvalue weighted by Gasteiger charge is -2.34. The van der Waals surface area contributed by atoms with E-state index in [1.165, 1.54) is 0 Å². The first kappa shape index (κ1) is 20.1. The number of hydrogen-bond donors (Lipinski definition) is 1. The highest BCUT2D eigenvalue weighted by molar-refractivity contribution is 6.18. The average Bonchev–Trinajstić information content (AvgIpc) is 3.42. The number of Topliss-reactive ketones (excluding diaryl/α,β-unsaturated/α-hetero) is 1. The standard InChI is InChI=1S/C25H24N6O/c1-15(32)7-16-8-19(9-16)22-12-24(30-29-22)21-5-3-18(11-23(21)27-2)25-6-4-20-10-17(13-26)14-28-31(20)25/h3-6,10-11,14,16,19,27H,7-9,12H2,1-2H3. The molecule has 3 heterocycles. The molecule has 0 saturated heterocycles. The number of carbonyl (C=O) groups is 1. The number of nitriles is 1. The van der Waals surface area contributed by atoms with Gasteiger partial charge in [-0.1, -0.05) is 12.1 Å². The first-order valence-corrected chi connectivity index (χ1v) is 10.9. The number of ketones is 1. The van der Waals surface area contributed by atoms with Crippen LogP contribution >= 0.6 is 0 Å². The minimum atomic E-state index is 0.272. The Morgan fingerprint density at radius 3 is 2.81 bits per heavy atom. The van der Waals surface area contributed by atoms with Gasteiger partial charge in [0.15, 0.2) is 0 Å². The van der Waals surface area contributed by atoms with Crippen molar-refractivity contribution in [3.05, 3.63) is 53.7 Å². The van der Waals surface area contributed by atoms with Gasteiger partial charge in [-0.05, 0) is 49.9 Å². The van der Waals surface area contributed by atoms with Crippen molar-refractivity contribution in [1.29, 1.82) is 5.26 Å². The van der Waals surface area contributed by atoms with Crippen LogP contribution in [0.3, 0.4) is 0 Å². The van der Waals surface area contributed by atoms with Crippen LogP contribution < -0.4 is 5.32 Å². The maximum absolute atomic E-state index is 11.3. The number of hydrogen-bond acceptors (Lipinski definition) is 6. The molecule has 32 heavy (non-hydrogen) atoms. The lowest BCUT2D eigenvalue weighted by molar-refractivity contribution is -0.118. The zero-order chi connectivity index (χ0) is 22.2. The Balaban J connectivity index is 1.34. The molecule has 1 N–H and O–H groups in total. The largest absolute Gasteiger partial charge is 0.388 e. The Labute approximate surface area is 186 Å². The van der Waals surface area contributed by atoms with E-state index in [0.29, 0.717) is 23.8 Å². The predicted molar refractivity (Wildman–Crippen MR) is 125 cm³/mol. The van der Waals surface area contributed by atoms with Gasteiger partial charge >= 0.3 is 0 Å². The molecule has 2 aliphatic rings. The Morgan fingerprint density at radius 2 is 2.06 bits per heavy atom. The van der Waals surface area contributed by atoms with E-state index < -0.39 is 0 Å². The molecule has 0 atom stereocenters. The Bertz CT molecular complexity index is 1320. The van der Waals surface area contributed by atoms with E-state index in [0.717, 1.165) is 58.7 Å². The topological polar surface area (TPSA) is 94.9 Å². The zero-order valence-electron chi connectivity index (χ0n) is 18.2. The quantitative estimate of drug-likeness (QED) is 0.632. The summed E-state index contributed by atoms with van der Waals surface area (Å²) in [4.78, 5) is 11.3. The fourth-order valence-electron chi connectivity index (χ4n) is 4.76. The highest BCUT2D eigenvalue weighted by atomic mass is 16.1. The number of benzene rings is 1. The number of carbonyl (C=O) groups excluding carboxylic acids is 1. The maximum Gasteiger partial charge on any atom is 0.130 e. The van der Waals surface area contributed by atoms with Gasteiger partial charge in [-0.15, -0.1) is 0 Å². The second kappa shape index (κ2) is 8.04. The summed E-state index contributed by atoms with van der Waals surface area (Å²) in [6.07, 6.45) is 5.11. The summed E-state index contributed by atoms with van der Waals surface area (Å²) < 4.78 is 1.84. The molecule has 0 radical (unpaired) electrons. The van der Waals surface area contributed by atoms with Crippen molar-refractivity contribution in [1.82, 2.24) is 9.61 Å². The van der Waals surface area contributed by atoms with E-state index in [1.54, 1.807) is 13.1 Å². The van der Waals surface area contributed by atoms with Gasteiger partial charge in [0.05, 0.1) is 28.7 Å². The molecule has 0 amide bonds. The molecule has 0 spiro atoms. The smallest absolute Gasteiger partial charge is 0.130 e. The summed E-state index contributed by atoms with van der Waals surface area (Å²) in [5, 5.41) is 25.8. The minimum absolute atomic E-state index is 0.272. The van der Waals surface area contributed by atoms with Crippen LogP contribution in [0.5, 0.6) is 0 Å². The van der Waals surface area contributed by atoms with Crippen molar-refractivity contribution >= 4 is 28.4 Å². The van der Waals surface area contributed by atoms with Gasteiger partial charge < -0.3 is 10.1 Å². The molecule has 1 aliphatic heterocycles. The van der Waals surface area contributed by atoms with E-state index >= 15 is 0 Å². The Morgan fingerprint density at radius 1 is 1.22 bits per heavy atom. The third-order valence-corrected chi connectivity index (χ3v) is 6.46. The lowest BCUT2D eigenvalue weighted by atomic mass is 9.69. The first-order chi connectivity index (χ1) is 15.6. The van der Waals surface area contributed by atoms with Gasteiger partial charge in [0.25, 0.3) is 0 Å². The summed E-state index contributed by atoms with van der Waals surface area (Å²) in [6, 6.07) is 14.2. The lowest BCUT2D eigenvalue weighted by Crippen LogP contribution is -2.31. The number of nitrogens with zero attached hydrogens (tertiary/aromatic N) is 5. The zero-order valence-corrected chi connectivity index (χ0v) is 18.2. The SMILES string of the molecule is CNc1cc(-c2ccc3cc(C#N)cnn23)ccc1C1=NN=C(C2CC(CC(C)=O)C2)C1. The van der Waals surface area contributed by atoms with Gasteiger partial charge in [0.2, 0.25) is 0 Å². The first-order valence-electron chi connectivity index (χ1n) is 10.9. The van der Waals surface area contributed by atoms with E-state index in [9.17, 15) is 4.79 Å². The maximum atomic E-state index is 11.3. The molecule has 1 aromatic carbocycles. The van der Waals surface area contributed by atoms with Gasteiger partial charge in [0.1, 0.15) is 11.9 Å². The van der Waals surface area contributed by atoms with Crippen molar-refractivity contribution in [3.8, 4) is 17.3 Å². The molecule has 160 valence electrons. The van der Waals surface area contributed by atoms with Crippen molar-refractivity contribution in [3.63, 3.8) is 0 Å². The summed E-state index contributed by atoms with van der Waals surface area (Å²) in [5.74, 6) is 1.23. The van der Waals surface area contributed by atoms with Crippen LogP contribution in [-0.2, 0) is 4.79 Å². The van der Waals surface area contributed by atoms with Crippen LogP contribution in [-0.4, -0.2) is 33.9 Å². The molecule has 5 rings (SSSR count). The van der Waals surface area contributed by atoms with Crippen molar-refractivity contribution in [2.45, 2.75) is 32.6 Å². The highest BCUT2D eigenvalue weighted by Gasteiger charge is 2.35. The summed E-state index contributed by atoms with van der Waals surface area (Å²) >= 11 is 0. The second-order valence-corrected chi connectivity index (χ2v) is 8.68. The predicted octanol–water partition coefficient (Wildman–Crippen LogP) is 4.47. The Kier molecular flexibility index (Phi) is 5.06. The molecule has 1 aliphatic carbocycles. The number of aromatic nitrogens is 2. The summed E-state index contributed by atoms with van der Waals surface area (Å²) in [5.41, 5.74) is 7.58. The fourth-order valence-corrected chi connectivity index (χ4v) is 4.76. The van der Waals surface area contributed by atoms with Gasteiger partial charge in [-0.3, -0.25) is 0 Å². The third kappa shape index (κ3) is 3.58. The van der Waals surface area contributed by atoms with Crippen LogP contribution in [0.15, 0.2) is 52.8 Å². The number of rotatable bonds is 6. The highest BCUT2D eigenvalue weighted by Crippen LogP contribution is 2.39. The van der Waals surface area contributed by atoms with Crippen LogP contribution in [0.25, 0.3) is 16.8 Å². The van der Waals surface area contributed by atoms with E-state index in [2.05, 4.69) is 44.9 Å². The molecule has 0 unspecified atom stereocenters. The molecular formula is C25H24N6O. The monoisotopic (exact) mass is 424 g/mol. The van der Waals surface area contributed by atoms with Crippen LogP contribution in [0, 0.1) is 23.2 Å². The molecule has 2 aromatic heterocycles. The minimum Gasteiger partial charge on any atom is -0.388 e. The molecule has 0 bridgehead atoms. The van der Waals surface area contributed by atoms with Crippen LogP contribution in [0.2, 0.25) is 0 Å². The van der Waals surface area contributed by atoms with Crippen molar-refractivity contribution in [2.75, 3.05) is 12.4 Å². The molecular weight excluding hydrogens is 400 g/mol. The molecule has 3 aromatic rings. The van der Waals surface area contributed by atoms with E-state index in [1.807, 2.05) is 29.8 Å². The van der Waals surface area contributed by atoms with Crippen molar-refractivity contribution < 1.29 is 4.79 Å². The number of fused-ring (bicyclic) bond motifs is 1. The summed E-state index contributed by atoms with van der Waals surface area (Å²) in [6.45, 7) is 1.67.